The second kappa shape index (κ2) is 10.1. The van der Waals surface area contributed by atoms with Crippen molar-refractivity contribution in [2.45, 2.75) is 6.54 Å². The first kappa shape index (κ1) is 20.2. The lowest BCUT2D eigenvalue weighted by molar-refractivity contribution is 0.0766. The average Bonchev–Trinajstić information content (AvgIpc) is 3.24. The summed E-state index contributed by atoms with van der Waals surface area (Å²) in [6, 6.07) is 10.4. The van der Waals surface area contributed by atoms with Crippen LogP contribution in [0.4, 0.5) is 0 Å². The summed E-state index contributed by atoms with van der Waals surface area (Å²) in [6.07, 6.45) is 5.93. The number of piperazine rings is 1. The molecule has 29 heavy (non-hydrogen) atoms. The van der Waals surface area contributed by atoms with Crippen LogP contribution in [0.2, 0.25) is 0 Å². The van der Waals surface area contributed by atoms with Crippen molar-refractivity contribution < 1.29 is 9.21 Å². The van der Waals surface area contributed by atoms with E-state index in [1.807, 2.05) is 22.7 Å². The molecule has 0 N–H and O–H groups in total. The van der Waals surface area contributed by atoms with E-state index in [9.17, 15) is 4.79 Å². The van der Waals surface area contributed by atoms with Crippen LogP contribution < -0.4 is 0 Å². The van der Waals surface area contributed by atoms with Gasteiger partial charge in [0, 0.05) is 57.3 Å². The van der Waals surface area contributed by atoms with E-state index in [0.717, 1.165) is 57.3 Å². The predicted octanol–water partition coefficient (Wildman–Crippen LogP) is 2.69. The summed E-state index contributed by atoms with van der Waals surface area (Å²) in [4.78, 5) is 23.6. The van der Waals surface area contributed by atoms with Crippen LogP contribution in [0.15, 0.2) is 47.1 Å². The van der Waals surface area contributed by atoms with E-state index in [1.165, 1.54) is 11.8 Å². The Morgan fingerprint density at radius 2 is 1.76 bits per heavy atom. The highest BCUT2D eigenvalue weighted by Crippen LogP contribution is 2.14. The standard InChI is InChI=1S/C22H28N4O2S/c27-22(26-13-15-29-16-14-26)20-18-28-21(23-20)17-25-11-9-24(10-12-25)8-4-7-19-5-2-1-3-6-19/h1-7,18H,8-17H2. The van der Waals surface area contributed by atoms with E-state index in [4.69, 9.17) is 4.42 Å². The van der Waals surface area contributed by atoms with Crippen LogP contribution >= 0.6 is 11.8 Å². The van der Waals surface area contributed by atoms with Gasteiger partial charge in [0.15, 0.2) is 5.69 Å². The maximum atomic E-state index is 12.5. The van der Waals surface area contributed by atoms with Crippen molar-refractivity contribution in [2.75, 3.05) is 57.3 Å². The van der Waals surface area contributed by atoms with Crippen LogP contribution in [0, 0.1) is 0 Å². The predicted molar refractivity (Wildman–Crippen MR) is 117 cm³/mol. The van der Waals surface area contributed by atoms with Crippen LogP contribution in [-0.4, -0.2) is 82.9 Å². The number of amides is 1. The molecule has 0 aliphatic carbocycles. The Bertz CT molecular complexity index is 809. The van der Waals surface area contributed by atoms with Gasteiger partial charge in [-0.2, -0.15) is 11.8 Å². The molecule has 0 saturated carbocycles. The van der Waals surface area contributed by atoms with Crippen molar-refractivity contribution in [2.24, 2.45) is 0 Å². The molecule has 2 aliphatic heterocycles. The molecule has 1 amide bonds. The third kappa shape index (κ3) is 5.72. The Morgan fingerprint density at radius 3 is 2.52 bits per heavy atom. The van der Waals surface area contributed by atoms with E-state index in [0.29, 0.717) is 18.1 Å². The fourth-order valence-electron chi connectivity index (χ4n) is 3.63. The van der Waals surface area contributed by atoms with Gasteiger partial charge in [0.25, 0.3) is 5.91 Å². The highest BCUT2D eigenvalue weighted by Gasteiger charge is 2.23. The molecule has 0 unspecified atom stereocenters. The first-order chi connectivity index (χ1) is 14.3. The van der Waals surface area contributed by atoms with Gasteiger partial charge in [-0.05, 0) is 5.56 Å². The van der Waals surface area contributed by atoms with Crippen LogP contribution in [0.1, 0.15) is 21.9 Å². The Balaban J connectivity index is 1.21. The third-order valence-corrected chi connectivity index (χ3v) is 6.31. The van der Waals surface area contributed by atoms with Gasteiger partial charge in [-0.1, -0.05) is 42.5 Å². The van der Waals surface area contributed by atoms with E-state index >= 15 is 0 Å². The maximum absolute atomic E-state index is 12.5. The van der Waals surface area contributed by atoms with Gasteiger partial charge < -0.3 is 9.32 Å². The van der Waals surface area contributed by atoms with Gasteiger partial charge in [0.05, 0.1) is 6.54 Å². The molecule has 1 aromatic carbocycles. The molecule has 0 atom stereocenters. The SMILES string of the molecule is O=C(c1coc(CN2CCN(CC=Cc3ccccc3)CC2)n1)N1CCSCC1. The molecule has 1 aromatic heterocycles. The number of carbonyl (C=O) groups is 1. The van der Waals surface area contributed by atoms with Crippen molar-refractivity contribution in [3.05, 3.63) is 59.8 Å². The van der Waals surface area contributed by atoms with E-state index in [-0.39, 0.29) is 5.91 Å². The van der Waals surface area contributed by atoms with Gasteiger partial charge in [0.2, 0.25) is 5.89 Å². The zero-order valence-corrected chi connectivity index (χ0v) is 17.5. The van der Waals surface area contributed by atoms with Crippen molar-refractivity contribution >= 4 is 23.7 Å². The van der Waals surface area contributed by atoms with Crippen LogP contribution in [0.3, 0.4) is 0 Å². The number of carbonyl (C=O) groups excluding carboxylic acids is 1. The number of aromatic nitrogens is 1. The topological polar surface area (TPSA) is 52.8 Å². The first-order valence-electron chi connectivity index (χ1n) is 10.3. The van der Waals surface area contributed by atoms with Crippen LogP contribution in [0.5, 0.6) is 0 Å². The van der Waals surface area contributed by atoms with Crippen molar-refractivity contribution in [3.63, 3.8) is 0 Å². The minimum Gasteiger partial charge on any atom is -0.447 e. The molecule has 0 spiro atoms. The smallest absolute Gasteiger partial charge is 0.275 e. The zero-order valence-electron chi connectivity index (χ0n) is 16.7. The lowest BCUT2D eigenvalue weighted by Crippen LogP contribution is -2.45. The normalized spacial score (nSPS) is 19.1. The molecule has 154 valence electrons. The number of hydrogen-bond donors (Lipinski definition) is 0. The summed E-state index contributed by atoms with van der Waals surface area (Å²) in [7, 11) is 0. The van der Waals surface area contributed by atoms with Crippen molar-refractivity contribution in [3.8, 4) is 0 Å². The second-order valence-corrected chi connectivity index (χ2v) is 8.65. The molecule has 2 aliphatic rings. The largest absolute Gasteiger partial charge is 0.447 e. The highest BCUT2D eigenvalue weighted by molar-refractivity contribution is 7.99. The number of oxazole rings is 1. The Kier molecular flexibility index (Phi) is 7.03. The highest BCUT2D eigenvalue weighted by atomic mass is 32.2. The Hall–Kier alpha value is -2.09. The Morgan fingerprint density at radius 1 is 1.03 bits per heavy atom. The monoisotopic (exact) mass is 412 g/mol. The molecule has 4 rings (SSSR count). The fourth-order valence-corrected chi connectivity index (χ4v) is 4.54. The molecule has 2 saturated heterocycles. The van der Waals surface area contributed by atoms with Crippen LogP contribution in [0.25, 0.3) is 6.08 Å². The van der Waals surface area contributed by atoms with Gasteiger partial charge in [-0.25, -0.2) is 4.98 Å². The number of benzene rings is 1. The molecule has 7 heteroatoms. The molecule has 0 bridgehead atoms. The quantitative estimate of drug-likeness (QED) is 0.727. The average molecular weight is 413 g/mol. The second-order valence-electron chi connectivity index (χ2n) is 7.42. The molecular weight excluding hydrogens is 384 g/mol. The molecule has 0 radical (unpaired) electrons. The van der Waals surface area contributed by atoms with Crippen molar-refractivity contribution in [1.29, 1.82) is 0 Å². The molecule has 2 fully saturated rings. The summed E-state index contributed by atoms with van der Waals surface area (Å²) in [5, 5.41) is 0. The minimum atomic E-state index is -0.00433. The molecule has 6 nitrogen and oxygen atoms in total. The lowest BCUT2D eigenvalue weighted by Gasteiger charge is -2.33. The summed E-state index contributed by atoms with van der Waals surface area (Å²) < 4.78 is 5.59. The number of rotatable bonds is 6. The first-order valence-corrected chi connectivity index (χ1v) is 11.4. The van der Waals surface area contributed by atoms with Gasteiger partial charge in [-0.15, -0.1) is 0 Å². The molecule has 3 heterocycles. The molecular formula is C22H28N4O2S. The van der Waals surface area contributed by atoms with Crippen molar-refractivity contribution in [1.82, 2.24) is 19.7 Å². The van der Waals surface area contributed by atoms with E-state index in [1.54, 1.807) is 0 Å². The zero-order chi connectivity index (χ0) is 19.9. The number of thioether (sulfide) groups is 1. The maximum Gasteiger partial charge on any atom is 0.275 e. The molecule has 2 aromatic rings. The van der Waals surface area contributed by atoms with E-state index < -0.39 is 0 Å². The number of hydrogen-bond acceptors (Lipinski definition) is 6. The van der Waals surface area contributed by atoms with Gasteiger partial charge >= 0.3 is 0 Å². The fraction of sp³-hybridized carbons (Fsp3) is 0.455. The summed E-state index contributed by atoms with van der Waals surface area (Å²) in [5.74, 6) is 2.63. The third-order valence-electron chi connectivity index (χ3n) is 5.37. The lowest BCUT2D eigenvalue weighted by atomic mass is 10.2. The van der Waals surface area contributed by atoms with Crippen LogP contribution in [-0.2, 0) is 6.54 Å². The summed E-state index contributed by atoms with van der Waals surface area (Å²) in [6.45, 7) is 7.24. The van der Waals surface area contributed by atoms with E-state index in [2.05, 4.69) is 51.2 Å². The van der Waals surface area contributed by atoms with Gasteiger partial charge in [0.1, 0.15) is 6.26 Å². The number of nitrogens with zero attached hydrogens (tertiary/aromatic N) is 4. The Labute approximate surface area is 176 Å². The summed E-state index contributed by atoms with van der Waals surface area (Å²) in [5.41, 5.74) is 1.68. The van der Waals surface area contributed by atoms with Gasteiger partial charge in [-0.3, -0.25) is 14.6 Å². The summed E-state index contributed by atoms with van der Waals surface area (Å²) >= 11 is 1.89. The minimum absolute atomic E-state index is 0.00433.